The minimum absolute atomic E-state index is 0.277. The van der Waals surface area contributed by atoms with Crippen LogP contribution in [0.5, 0.6) is 0 Å². The maximum atomic E-state index is 12.7. The van der Waals surface area contributed by atoms with Gasteiger partial charge in [-0.05, 0) is 18.9 Å². The Morgan fingerprint density at radius 1 is 1.36 bits per heavy atom. The number of nitrogens with zero attached hydrogens (tertiary/aromatic N) is 5. The molecule has 9 nitrogen and oxygen atoms in total. The van der Waals surface area contributed by atoms with Crippen molar-refractivity contribution in [3.05, 3.63) is 29.7 Å². The molecule has 1 saturated heterocycles. The summed E-state index contributed by atoms with van der Waals surface area (Å²) >= 11 is 0. The molecule has 2 aromatic rings. The molecule has 25 heavy (non-hydrogen) atoms. The van der Waals surface area contributed by atoms with Crippen LogP contribution in [-0.4, -0.2) is 65.2 Å². The van der Waals surface area contributed by atoms with Crippen LogP contribution in [0.3, 0.4) is 0 Å². The van der Waals surface area contributed by atoms with Crippen LogP contribution in [0.2, 0.25) is 0 Å². The Kier molecular flexibility index (Phi) is 4.76. The number of nitrogens with one attached hydrogen (secondary N) is 1. The van der Waals surface area contributed by atoms with E-state index >= 15 is 0 Å². The van der Waals surface area contributed by atoms with E-state index in [0.717, 1.165) is 12.8 Å². The third-order valence-corrected chi connectivity index (χ3v) is 6.41. The molecule has 0 aliphatic carbocycles. The number of rotatable bonds is 4. The second-order valence-corrected chi connectivity index (χ2v) is 8.25. The maximum Gasteiger partial charge on any atom is 0.282 e. The second kappa shape index (κ2) is 6.70. The summed E-state index contributed by atoms with van der Waals surface area (Å²) in [7, 11) is 1.05. The van der Waals surface area contributed by atoms with Crippen LogP contribution < -0.4 is 5.32 Å². The van der Waals surface area contributed by atoms with Crippen molar-refractivity contribution in [1.29, 1.82) is 0 Å². The number of aromatic nitrogens is 3. The summed E-state index contributed by atoms with van der Waals surface area (Å²) < 4.78 is 29.7. The lowest BCUT2D eigenvalue weighted by Gasteiger charge is -2.36. The third kappa shape index (κ3) is 3.00. The lowest BCUT2D eigenvalue weighted by molar-refractivity contribution is 0.0964. The van der Waals surface area contributed by atoms with E-state index in [9.17, 15) is 13.2 Å². The van der Waals surface area contributed by atoms with Crippen molar-refractivity contribution >= 4 is 21.8 Å². The van der Waals surface area contributed by atoms with Crippen LogP contribution in [0, 0.1) is 0 Å². The van der Waals surface area contributed by atoms with E-state index in [1.165, 1.54) is 28.9 Å². The van der Waals surface area contributed by atoms with Crippen molar-refractivity contribution in [3.63, 3.8) is 0 Å². The molecule has 1 atom stereocenters. The van der Waals surface area contributed by atoms with Gasteiger partial charge in [-0.15, -0.1) is 0 Å². The highest BCUT2D eigenvalue weighted by molar-refractivity contribution is 7.86. The molecule has 0 bridgehead atoms. The van der Waals surface area contributed by atoms with Crippen molar-refractivity contribution in [2.75, 3.05) is 27.7 Å². The number of amides is 1. The highest BCUT2D eigenvalue weighted by Crippen LogP contribution is 2.33. The summed E-state index contributed by atoms with van der Waals surface area (Å²) in [6.45, 7) is 0.457. The monoisotopic (exact) mass is 366 g/mol. The van der Waals surface area contributed by atoms with E-state index in [-0.39, 0.29) is 11.9 Å². The molecule has 1 amide bonds. The van der Waals surface area contributed by atoms with Gasteiger partial charge in [0.25, 0.3) is 16.1 Å². The molecule has 3 rings (SSSR count). The second-order valence-electron chi connectivity index (χ2n) is 6.15. The summed E-state index contributed by atoms with van der Waals surface area (Å²) in [5.74, 6) is -0.277. The van der Waals surface area contributed by atoms with Crippen molar-refractivity contribution in [2.24, 2.45) is 0 Å². The van der Waals surface area contributed by atoms with Crippen molar-refractivity contribution in [1.82, 2.24) is 28.5 Å². The van der Waals surface area contributed by atoms with Gasteiger partial charge in [-0.2, -0.15) is 22.1 Å². The topological polar surface area (TPSA) is 99.9 Å². The fourth-order valence-electron chi connectivity index (χ4n) is 3.14. The average Bonchev–Trinajstić information content (AvgIpc) is 3.05. The standard InChI is InChI=1S/C15H22N6O3S/c1-16-15(22)11-10-18-21-13(7-8-17-14(11)21)12-6-4-5-9-20(12)25(23,24)19(2)3/h7-8,10,12H,4-6,9H2,1-3H3,(H,16,22). The Bertz CT molecular complexity index is 892. The summed E-state index contributed by atoms with van der Waals surface area (Å²) in [6, 6.07) is 1.42. The number of carbonyl (C=O) groups excluding carboxylic acids is 1. The van der Waals surface area contributed by atoms with Crippen LogP contribution in [0.4, 0.5) is 0 Å². The van der Waals surface area contributed by atoms with Crippen molar-refractivity contribution < 1.29 is 13.2 Å². The van der Waals surface area contributed by atoms with E-state index in [4.69, 9.17) is 0 Å². The summed E-state index contributed by atoms with van der Waals surface area (Å²) in [5, 5.41) is 6.84. The molecule has 1 aliphatic heterocycles. The summed E-state index contributed by atoms with van der Waals surface area (Å²) in [4.78, 5) is 16.2. The van der Waals surface area contributed by atoms with Crippen LogP contribution in [0.15, 0.2) is 18.5 Å². The van der Waals surface area contributed by atoms with E-state index in [0.29, 0.717) is 29.9 Å². The predicted molar refractivity (Wildman–Crippen MR) is 92.3 cm³/mol. The van der Waals surface area contributed by atoms with Crippen LogP contribution in [0.25, 0.3) is 5.65 Å². The quantitative estimate of drug-likeness (QED) is 0.845. The highest BCUT2D eigenvalue weighted by Gasteiger charge is 2.36. The molecule has 1 fully saturated rings. The highest BCUT2D eigenvalue weighted by atomic mass is 32.2. The first-order valence-electron chi connectivity index (χ1n) is 8.12. The van der Waals surface area contributed by atoms with Gasteiger partial charge >= 0.3 is 0 Å². The lowest BCUT2D eigenvalue weighted by Crippen LogP contribution is -2.45. The molecular formula is C15H22N6O3S. The molecule has 136 valence electrons. The Morgan fingerprint density at radius 2 is 2.12 bits per heavy atom. The van der Waals surface area contributed by atoms with Crippen molar-refractivity contribution in [2.45, 2.75) is 25.3 Å². The van der Waals surface area contributed by atoms with Gasteiger partial charge in [-0.3, -0.25) is 4.79 Å². The van der Waals surface area contributed by atoms with Gasteiger partial charge < -0.3 is 5.32 Å². The van der Waals surface area contributed by atoms with Crippen molar-refractivity contribution in [3.8, 4) is 0 Å². The van der Waals surface area contributed by atoms with Crippen LogP contribution >= 0.6 is 0 Å². The molecule has 0 saturated carbocycles. The van der Waals surface area contributed by atoms with Gasteiger partial charge in [0.1, 0.15) is 5.56 Å². The molecule has 3 heterocycles. The van der Waals surface area contributed by atoms with E-state index in [1.54, 1.807) is 23.8 Å². The van der Waals surface area contributed by atoms with E-state index < -0.39 is 10.2 Å². The average molecular weight is 366 g/mol. The molecular weight excluding hydrogens is 344 g/mol. The fraction of sp³-hybridized carbons (Fsp3) is 0.533. The number of hydrogen-bond donors (Lipinski definition) is 1. The first kappa shape index (κ1) is 17.8. The largest absolute Gasteiger partial charge is 0.355 e. The maximum absolute atomic E-state index is 12.7. The van der Waals surface area contributed by atoms with Gasteiger partial charge in [0.15, 0.2) is 5.65 Å². The van der Waals surface area contributed by atoms with Gasteiger partial charge in [0, 0.05) is 33.9 Å². The zero-order valence-electron chi connectivity index (χ0n) is 14.5. The summed E-state index contributed by atoms with van der Waals surface area (Å²) in [5.41, 5.74) is 1.50. The molecule has 0 spiro atoms. The summed E-state index contributed by atoms with van der Waals surface area (Å²) in [6.07, 6.45) is 5.49. The minimum Gasteiger partial charge on any atom is -0.355 e. The number of piperidine rings is 1. The molecule has 1 unspecified atom stereocenters. The third-order valence-electron chi connectivity index (χ3n) is 4.46. The molecule has 1 aliphatic rings. The minimum atomic E-state index is -3.55. The molecule has 0 radical (unpaired) electrons. The Morgan fingerprint density at radius 3 is 2.80 bits per heavy atom. The zero-order chi connectivity index (χ0) is 18.2. The SMILES string of the molecule is CNC(=O)c1cnn2c(C3CCCCN3S(=O)(=O)N(C)C)ccnc12. The van der Waals surface area contributed by atoms with Gasteiger partial charge in [-0.25, -0.2) is 9.50 Å². The first-order chi connectivity index (χ1) is 11.9. The number of hydrogen-bond acceptors (Lipinski definition) is 5. The van der Waals surface area contributed by atoms with E-state index in [1.807, 2.05) is 0 Å². The Hall–Kier alpha value is -2.04. The number of fused-ring (bicyclic) bond motifs is 1. The lowest BCUT2D eigenvalue weighted by atomic mass is 10.0. The Balaban J connectivity index is 2.11. The number of carbonyl (C=O) groups is 1. The van der Waals surface area contributed by atoms with Crippen LogP contribution in [0.1, 0.15) is 41.4 Å². The smallest absolute Gasteiger partial charge is 0.282 e. The molecule has 0 aromatic carbocycles. The van der Waals surface area contributed by atoms with Gasteiger partial charge in [-0.1, -0.05) is 6.42 Å². The van der Waals surface area contributed by atoms with E-state index in [2.05, 4.69) is 15.4 Å². The first-order valence-corrected chi connectivity index (χ1v) is 9.51. The molecule has 1 N–H and O–H groups in total. The van der Waals surface area contributed by atoms with Crippen LogP contribution in [-0.2, 0) is 10.2 Å². The van der Waals surface area contributed by atoms with Gasteiger partial charge in [0.05, 0.1) is 17.9 Å². The fourth-order valence-corrected chi connectivity index (χ4v) is 4.46. The predicted octanol–water partition coefficient (Wildman–Crippen LogP) is 0.422. The molecule has 2 aromatic heterocycles. The molecule has 10 heteroatoms. The zero-order valence-corrected chi connectivity index (χ0v) is 15.3. The Labute approximate surface area is 146 Å². The van der Waals surface area contributed by atoms with Gasteiger partial charge in [0.2, 0.25) is 0 Å². The normalized spacial score (nSPS) is 19.4.